The van der Waals surface area contributed by atoms with Gasteiger partial charge >= 0.3 is 5.91 Å². The molecule has 0 aliphatic rings. The SMILES string of the molecule is Cc1ccccc1C(=O)N[n+]1ccccc1. The number of hydrogen-bond donors (Lipinski definition) is 1. The Morgan fingerprint density at radius 2 is 1.75 bits per heavy atom. The molecule has 0 saturated carbocycles. The second-order valence-electron chi connectivity index (χ2n) is 3.54. The summed E-state index contributed by atoms with van der Waals surface area (Å²) in [5.74, 6) is -0.102. The highest BCUT2D eigenvalue weighted by atomic mass is 16.2. The fraction of sp³-hybridized carbons (Fsp3) is 0.0769. The van der Waals surface area contributed by atoms with Gasteiger partial charge in [-0.2, -0.15) is 0 Å². The highest BCUT2D eigenvalue weighted by Crippen LogP contribution is 2.06. The first-order valence-corrected chi connectivity index (χ1v) is 5.10. The lowest BCUT2D eigenvalue weighted by atomic mass is 10.1. The lowest BCUT2D eigenvalue weighted by Gasteiger charge is -2.02. The van der Waals surface area contributed by atoms with Crippen molar-refractivity contribution in [2.75, 3.05) is 5.43 Å². The van der Waals surface area contributed by atoms with Gasteiger partial charge in [0.1, 0.15) is 0 Å². The molecule has 2 rings (SSSR count). The summed E-state index contributed by atoms with van der Waals surface area (Å²) in [4.78, 5) is 11.9. The molecule has 2 aromatic rings. The van der Waals surface area contributed by atoms with Crippen molar-refractivity contribution in [2.45, 2.75) is 6.92 Å². The summed E-state index contributed by atoms with van der Waals surface area (Å²) < 4.78 is 1.63. The van der Waals surface area contributed by atoms with Crippen LogP contribution in [0.4, 0.5) is 0 Å². The topological polar surface area (TPSA) is 33.0 Å². The van der Waals surface area contributed by atoms with Gasteiger partial charge in [-0.25, -0.2) is 0 Å². The van der Waals surface area contributed by atoms with Crippen LogP contribution in [0.15, 0.2) is 54.9 Å². The Morgan fingerprint density at radius 3 is 2.44 bits per heavy atom. The number of amides is 1. The van der Waals surface area contributed by atoms with Crippen LogP contribution in [0.25, 0.3) is 0 Å². The van der Waals surface area contributed by atoms with E-state index in [0.29, 0.717) is 5.56 Å². The minimum absolute atomic E-state index is 0.102. The molecule has 16 heavy (non-hydrogen) atoms. The van der Waals surface area contributed by atoms with Crippen molar-refractivity contribution < 1.29 is 9.47 Å². The molecule has 0 aliphatic carbocycles. The van der Waals surface area contributed by atoms with Crippen LogP contribution in [0.2, 0.25) is 0 Å². The van der Waals surface area contributed by atoms with Crippen molar-refractivity contribution in [3.8, 4) is 0 Å². The van der Waals surface area contributed by atoms with Crippen LogP contribution in [-0.4, -0.2) is 5.91 Å². The van der Waals surface area contributed by atoms with E-state index >= 15 is 0 Å². The molecule has 0 radical (unpaired) electrons. The molecule has 1 amide bonds. The van der Waals surface area contributed by atoms with E-state index in [-0.39, 0.29) is 5.91 Å². The zero-order valence-corrected chi connectivity index (χ0v) is 9.05. The molecule has 0 spiro atoms. The molecule has 0 saturated heterocycles. The molecule has 1 heterocycles. The summed E-state index contributed by atoms with van der Waals surface area (Å²) in [5.41, 5.74) is 4.44. The Balaban J connectivity index is 2.19. The van der Waals surface area contributed by atoms with Crippen LogP contribution in [-0.2, 0) is 0 Å². The number of aromatic nitrogens is 1. The normalized spacial score (nSPS) is 9.81. The second-order valence-corrected chi connectivity index (χ2v) is 3.54. The Bertz CT molecular complexity index is 494. The Labute approximate surface area is 94.3 Å². The summed E-state index contributed by atoms with van der Waals surface area (Å²) in [6.45, 7) is 1.92. The van der Waals surface area contributed by atoms with Crippen molar-refractivity contribution in [1.82, 2.24) is 0 Å². The second kappa shape index (κ2) is 4.57. The molecule has 80 valence electrons. The van der Waals surface area contributed by atoms with Gasteiger partial charge in [0.2, 0.25) is 0 Å². The third-order valence-corrected chi connectivity index (χ3v) is 2.34. The van der Waals surface area contributed by atoms with Crippen LogP contribution >= 0.6 is 0 Å². The smallest absolute Gasteiger partial charge is 0.264 e. The largest absolute Gasteiger partial charge is 0.305 e. The number of nitrogens with one attached hydrogen (secondary N) is 1. The average molecular weight is 213 g/mol. The van der Waals surface area contributed by atoms with Gasteiger partial charge in [-0.1, -0.05) is 28.9 Å². The van der Waals surface area contributed by atoms with Gasteiger partial charge in [-0.05, 0) is 18.6 Å². The lowest BCUT2D eigenvalue weighted by molar-refractivity contribution is -0.641. The first kappa shape index (κ1) is 10.4. The molecule has 1 N–H and O–H groups in total. The molecule has 1 aromatic carbocycles. The predicted octanol–water partition coefficient (Wildman–Crippen LogP) is 1.67. The van der Waals surface area contributed by atoms with Gasteiger partial charge < -0.3 is 0 Å². The van der Waals surface area contributed by atoms with E-state index in [0.717, 1.165) is 5.56 Å². The lowest BCUT2D eigenvalue weighted by Crippen LogP contribution is -2.47. The maximum absolute atomic E-state index is 11.9. The number of carbonyl (C=O) groups excluding carboxylic acids is 1. The molecule has 0 fully saturated rings. The Hall–Kier alpha value is -2.16. The van der Waals surface area contributed by atoms with E-state index in [9.17, 15) is 4.79 Å². The molecule has 1 aromatic heterocycles. The molecule has 0 unspecified atom stereocenters. The van der Waals surface area contributed by atoms with Crippen LogP contribution in [0.5, 0.6) is 0 Å². The van der Waals surface area contributed by atoms with E-state index < -0.39 is 0 Å². The number of nitrogens with zero attached hydrogens (tertiary/aromatic N) is 1. The highest BCUT2D eigenvalue weighted by Gasteiger charge is 2.11. The summed E-state index contributed by atoms with van der Waals surface area (Å²) in [6, 6.07) is 13.1. The van der Waals surface area contributed by atoms with E-state index in [1.54, 1.807) is 17.1 Å². The van der Waals surface area contributed by atoms with Gasteiger partial charge in [0.15, 0.2) is 12.4 Å². The van der Waals surface area contributed by atoms with Crippen molar-refractivity contribution in [2.24, 2.45) is 0 Å². The fourth-order valence-corrected chi connectivity index (χ4v) is 1.48. The number of benzene rings is 1. The van der Waals surface area contributed by atoms with Crippen LogP contribution in [0.1, 0.15) is 15.9 Å². The van der Waals surface area contributed by atoms with Crippen LogP contribution in [0.3, 0.4) is 0 Å². The van der Waals surface area contributed by atoms with Crippen molar-refractivity contribution >= 4 is 5.91 Å². The Kier molecular flexibility index (Phi) is 2.96. The molecule has 3 heteroatoms. The predicted molar refractivity (Wildman–Crippen MR) is 61.5 cm³/mol. The van der Waals surface area contributed by atoms with E-state index in [4.69, 9.17) is 0 Å². The van der Waals surface area contributed by atoms with E-state index in [1.165, 1.54) is 0 Å². The number of carbonyl (C=O) groups is 1. The zero-order chi connectivity index (χ0) is 11.4. The maximum atomic E-state index is 11.9. The minimum Gasteiger partial charge on any atom is -0.264 e. The third-order valence-electron chi connectivity index (χ3n) is 2.34. The van der Waals surface area contributed by atoms with Crippen molar-refractivity contribution in [3.63, 3.8) is 0 Å². The van der Waals surface area contributed by atoms with Gasteiger partial charge in [0, 0.05) is 17.7 Å². The molecular formula is C13H13N2O+. The van der Waals surface area contributed by atoms with Crippen molar-refractivity contribution in [3.05, 3.63) is 66.0 Å². The number of hydrogen-bond acceptors (Lipinski definition) is 1. The van der Waals surface area contributed by atoms with Crippen LogP contribution < -0.4 is 10.1 Å². The minimum atomic E-state index is -0.102. The van der Waals surface area contributed by atoms with E-state index in [2.05, 4.69) is 5.43 Å². The maximum Gasteiger partial charge on any atom is 0.305 e. The number of pyridine rings is 1. The first-order chi connectivity index (χ1) is 7.77. The van der Waals surface area contributed by atoms with Gasteiger partial charge in [0.05, 0.1) is 0 Å². The molecular weight excluding hydrogens is 200 g/mol. The molecule has 0 aliphatic heterocycles. The molecule has 0 bridgehead atoms. The number of rotatable bonds is 2. The summed E-state index contributed by atoms with van der Waals surface area (Å²) >= 11 is 0. The van der Waals surface area contributed by atoms with Crippen LogP contribution in [0, 0.1) is 6.92 Å². The fourth-order valence-electron chi connectivity index (χ4n) is 1.48. The third kappa shape index (κ3) is 2.25. The molecule has 3 nitrogen and oxygen atoms in total. The zero-order valence-electron chi connectivity index (χ0n) is 9.05. The Morgan fingerprint density at radius 1 is 1.06 bits per heavy atom. The number of aryl methyl sites for hydroxylation is 1. The monoisotopic (exact) mass is 213 g/mol. The first-order valence-electron chi connectivity index (χ1n) is 5.10. The molecule has 0 atom stereocenters. The summed E-state index contributed by atoms with van der Waals surface area (Å²) in [5, 5.41) is 0. The highest BCUT2D eigenvalue weighted by molar-refractivity contribution is 5.99. The van der Waals surface area contributed by atoms with Crippen molar-refractivity contribution in [1.29, 1.82) is 0 Å². The summed E-state index contributed by atoms with van der Waals surface area (Å²) in [7, 11) is 0. The standard InChI is InChI=1S/C13H12N2O/c1-11-7-3-4-8-12(11)13(16)14-15-9-5-2-6-10-15/h2-10H,1H3/p+1. The van der Waals surface area contributed by atoms with Gasteiger partial charge in [-0.15, -0.1) is 5.43 Å². The van der Waals surface area contributed by atoms with Gasteiger partial charge in [-0.3, -0.25) is 4.79 Å². The average Bonchev–Trinajstić information content (AvgIpc) is 2.31. The summed E-state index contributed by atoms with van der Waals surface area (Å²) in [6.07, 6.45) is 3.58. The van der Waals surface area contributed by atoms with E-state index in [1.807, 2.05) is 49.4 Å². The van der Waals surface area contributed by atoms with Gasteiger partial charge in [0.25, 0.3) is 0 Å². The quantitative estimate of drug-likeness (QED) is 0.756.